The highest BCUT2D eigenvalue weighted by molar-refractivity contribution is 5.99. The normalized spacial score (nSPS) is 13.6. The molecule has 0 saturated carbocycles. The van der Waals surface area contributed by atoms with E-state index in [0.29, 0.717) is 30.5 Å². The lowest BCUT2D eigenvalue weighted by atomic mass is 10.1. The zero-order valence-electron chi connectivity index (χ0n) is 15.9. The number of carbonyl (C=O) groups is 1. The number of amides is 1. The van der Waals surface area contributed by atoms with E-state index < -0.39 is 0 Å². The number of benzene rings is 2. The lowest BCUT2D eigenvalue weighted by Gasteiger charge is -2.09. The zero-order valence-corrected chi connectivity index (χ0v) is 15.9. The van der Waals surface area contributed by atoms with E-state index in [1.807, 2.05) is 48.5 Å². The van der Waals surface area contributed by atoms with Gasteiger partial charge in [0.2, 0.25) is 5.82 Å². The van der Waals surface area contributed by atoms with Crippen LogP contribution in [0.15, 0.2) is 53.6 Å². The lowest BCUT2D eigenvalue weighted by molar-refractivity contribution is -0.122. The fourth-order valence-corrected chi connectivity index (χ4v) is 2.78. The molecule has 2 heterocycles. The third kappa shape index (κ3) is 4.57. The molecule has 0 saturated heterocycles. The number of rotatable bonds is 5. The quantitative estimate of drug-likeness (QED) is 0.526. The first-order chi connectivity index (χ1) is 14.2. The van der Waals surface area contributed by atoms with Crippen LogP contribution in [0.5, 0.6) is 11.5 Å². The van der Waals surface area contributed by atoms with E-state index in [4.69, 9.17) is 9.47 Å². The van der Waals surface area contributed by atoms with Crippen LogP contribution in [0, 0.1) is 0 Å². The fraction of sp³-hybridized carbons (Fsp3) is 0.250. The minimum Gasteiger partial charge on any atom is -0.490 e. The molecular weight excluding hydrogens is 372 g/mol. The van der Waals surface area contributed by atoms with Crippen LogP contribution < -0.4 is 14.9 Å². The molecule has 2 aromatic carbocycles. The molecule has 1 aliphatic rings. The zero-order chi connectivity index (χ0) is 20.1. The van der Waals surface area contributed by atoms with E-state index in [9.17, 15) is 4.79 Å². The van der Waals surface area contributed by atoms with Gasteiger partial charge in [0.25, 0.3) is 5.91 Å². The monoisotopic (exact) mass is 392 g/mol. The maximum absolute atomic E-state index is 12.2. The van der Waals surface area contributed by atoms with E-state index in [1.54, 1.807) is 6.92 Å². The molecule has 0 spiro atoms. The number of hydrogen-bond donors (Lipinski definition) is 1. The molecule has 4 rings (SSSR count). The molecule has 0 fully saturated rings. The Morgan fingerprint density at radius 2 is 1.93 bits per heavy atom. The summed E-state index contributed by atoms with van der Waals surface area (Å²) in [6.45, 7) is 2.97. The second-order valence-electron chi connectivity index (χ2n) is 6.45. The summed E-state index contributed by atoms with van der Waals surface area (Å²) in [6.07, 6.45) is 0.843. The standard InChI is InChI=1S/C20H20N6O3/c1-14(16-8-9-17-18(12-16)29-11-5-10-28-17)21-22-19(27)13-26-24-20(23-25-26)15-6-3-2-4-7-15/h2-4,6-9,12H,5,10-11,13H2,1H3,(H,22,27)/b21-14-. The van der Waals surface area contributed by atoms with Crippen molar-refractivity contribution in [3.8, 4) is 22.9 Å². The molecule has 1 N–H and O–H groups in total. The van der Waals surface area contributed by atoms with Crippen LogP contribution in [-0.2, 0) is 11.3 Å². The van der Waals surface area contributed by atoms with Crippen molar-refractivity contribution in [1.29, 1.82) is 0 Å². The molecular formula is C20H20N6O3. The summed E-state index contributed by atoms with van der Waals surface area (Å²) >= 11 is 0. The maximum atomic E-state index is 12.2. The third-order valence-electron chi connectivity index (χ3n) is 4.28. The van der Waals surface area contributed by atoms with Gasteiger partial charge in [-0.15, -0.1) is 10.2 Å². The predicted molar refractivity (Wildman–Crippen MR) is 106 cm³/mol. The van der Waals surface area contributed by atoms with Crippen molar-refractivity contribution in [2.45, 2.75) is 19.9 Å². The van der Waals surface area contributed by atoms with E-state index in [2.05, 4.69) is 25.9 Å². The molecule has 9 heteroatoms. The Morgan fingerprint density at radius 1 is 1.14 bits per heavy atom. The lowest BCUT2D eigenvalue weighted by Crippen LogP contribution is -2.25. The Morgan fingerprint density at radius 3 is 2.76 bits per heavy atom. The van der Waals surface area contributed by atoms with Gasteiger partial charge in [-0.25, -0.2) is 5.43 Å². The Hall–Kier alpha value is -3.75. The molecule has 29 heavy (non-hydrogen) atoms. The molecule has 3 aromatic rings. The molecule has 0 radical (unpaired) electrons. The first kappa shape index (κ1) is 18.6. The number of nitrogens with zero attached hydrogens (tertiary/aromatic N) is 5. The van der Waals surface area contributed by atoms with Gasteiger partial charge in [-0.1, -0.05) is 30.3 Å². The van der Waals surface area contributed by atoms with Crippen LogP contribution in [-0.4, -0.2) is 45.0 Å². The summed E-state index contributed by atoms with van der Waals surface area (Å²) in [7, 11) is 0. The van der Waals surface area contributed by atoms with Crippen LogP contribution in [0.3, 0.4) is 0 Å². The molecule has 1 amide bonds. The van der Waals surface area contributed by atoms with Crippen LogP contribution in [0.1, 0.15) is 18.9 Å². The van der Waals surface area contributed by atoms with Crippen molar-refractivity contribution in [3.63, 3.8) is 0 Å². The highest BCUT2D eigenvalue weighted by Crippen LogP contribution is 2.30. The smallest absolute Gasteiger partial charge is 0.263 e. The number of tetrazole rings is 1. The highest BCUT2D eigenvalue weighted by atomic mass is 16.5. The second-order valence-corrected chi connectivity index (χ2v) is 6.45. The summed E-state index contributed by atoms with van der Waals surface area (Å²) in [5, 5.41) is 16.3. The van der Waals surface area contributed by atoms with Gasteiger partial charge in [0, 0.05) is 17.5 Å². The summed E-state index contributed by atoms with van der Waals surface area (Å²) in [5.74, 6) is 1.51. The Bertz CT molecular complexity index is 1030. The molecule has 0 bridgehead atoms. The number of hydrogen-bond acceptors (Lipinski definition) is 7. The van der Waals surface area contributed by atoms with Gasteiger partial charge in [-0.05, 0) is 30.3 Å². The van der Waals surface area contributed by atoms with Crippen molar-refractivity contribution in [1.82, 2.24) is 25.6 Å². The molecule has 1 aliphatic heterocycles. The van der Waals surface area contributed by atoms with Crippen LogP contribution in [0.2, 0.25) is 0 Å². The first-order valence-corrected chi connectivity index (χ1v) is 9.25. The molecule has 0 unspecified atom stereocenters. The first-order valence-electron chi connectivity index (χ1n) is 9.25. The SMILES string of the molecule is C/C(=N/NC(=O)Cn1nnc(-c2ccccc2)n1)c1ccc2c(c1)OCCCO2. The van der Waals surface area contributed by atoms with Crippen molar-refractivity contribution < 1.29 is 14.3 Å². The average Bonchev–Trinajstić information content (AvgIpc) is 3.08. The minimum atomic E-state index is -0.351. The third-order valence-corrected chi connectivity index (χ3v) is 4.28. The molecule has 0 aliphatic carbocycles. The summed E-state index contributed by atoms with van der Waals surface area (Å²) < 4.78 is 11.3. The molecule has 0 atom stereocenters. The van der Waals surface area contributed by atoms with Crippen molar-refractivity contribution in [3.05, 3.63) is 54.1 Å². The molecule has 1 aromatic heterocycles. The average molecular weight is 392 g/mol. The number of fused-ring (bicyclic) bond motifs is 1. The minimum absolute atomic E-state index is 0.0856. The van der Waals surface area contributed by atoms with Gasteiger partial charge in [-0.3, -0.25) is 4.79 Å². The van der Waals surface area contributed by atoms with Crippen LogP contribution in [0.4, 0.5) is 0 Å². The number of carbonyl (C=O) groups excluding carboxylic acids is 1. The van der Waals surface area contributed by atoms with Crippen LogP contribution >= 0.6 is 0 Å². The number of nitrogens with one attached hydrogen (secondary N) is 1. The Balaban J connectivity index is 1.38. The van der Waals surface area contributed by atoms with Gasteiger partial charge in [0.1, 0.15) is 6.54 Å². The number of hydrazone groups is 1. The molecule has 9 nitrogen and oxygen atoms in total. The summed E-state index contributed by atoms with van der Waals surface area (Å²) in [4.78, 5) is 13.4. The van der Waals surface area contributed by atoms with Gasteiger partial charge < -0.3 is 9.47 Å². The summed E-state index contributed by atoms with van der Waals surface area (Å²) in [5.41, 5.74) is 4.83. The van der Waals surface area contributed by atoms with Gasteiger partial charge in [-0.2, -0.15) is 9.90 Å². The van der Waals surface area contributed by atoms with Crippen molar-refractivity contribution in [2.75, 3.05) is 13.2 Å². The fourth-order valence-electron chi connectivity index (χ4n) is 2.78. The van der Waals surface area contributed by atoms with Crippen LogP contribution in [0.25, 0.3) is 11.4 Å². The summed E-state index contributed by atoms with van der Waals surface area (Å²) in [6, 6.07) is 15.0. The predicted octanol–water partition coefficient (Wildman–Crippen LogP) is 2.04. The topological polar surface area (TPSA) is 104 Å². The van der Waals surface area contributed by atoms with Crippen molar-refractivity contribution >= 4 is 11.6 Å². The largest absolute Gasteiger partial charge is 0.490 e. The number of ether oxygens (including phenoxy) is 2. The Labute approximate surface area is 167 Å². The highest BCUT2D eigenvalue weighted by Gasteiger charge is 2.12. The van der Waals surface area contributed by atoms with Gasteiger partial charge in [0.15, 0.2) is 11.5 Å². The van der Waals surface area contributed by atoms with Crippen molar-refractivity contribution in [2.24, 2.45) is 5.10 Å². The maximum Gasteiger partial charge on any atom is 0.263 e. The number of aromatic nitrogens is 4. The van der Waals surface area contributed by atoms with Gasteiger partial charge in [0.05, 0.1) is 18.9 Å². The van der Waals surface area contributed by atoms with E-state index in [0.717, 1.165) is 23.3 Å². The Kier molecular flexibility index (Phi) is 5.46. The molecule has 148 valence electrons. The van der Waals surface area contributed by atoms with E-state index in [1.165, 1.54) is 4.80 Å². The van der Waals surface area contributed by atoms with E-state index >= 15 is 0 Å². The van der Waals surface area contributed by atoms with Gasteiger partial charge >= 0.3 is 0 Å². The van der Waals surface area contributed by atoms with E-state index in [-0.39, 0.29) is 12.5 Å². The second kappa shape index (κ2) is 8.51.